The molecule has 0 spiro atoms. The first-order valence-corrected chi connectivity index (χ1v) is 8.66. The smallest absolute Gasteiger partial charge is 0.192 e. The van der Waals surface area contributed by atoms with E-state index >= 15 is 0 Å². The van der Waals surface area contributed by atoms with Gasteiger partial charge in [0.2, 0.25) is 0 Å². The molecule has 1 atom stereocenters. The van der Waals surface area contributed by atoms with Crippen molar-refractivity contribution in [1.82, 2.24) is 19.6 Å². The van der Waals surface area contributed by atoms with Crippen LogP contribution in [0, 0.1) is 25.2 Å². The maximum atomic E-state index is 8.86. The van der Waals surface area contributed by atoms with Crippen molar-refractivity contribution in [3.8, 4) is 11.8 Å². The Hall–Kier alpha value is -2.98. The molecule has 3 heterocycles. The van der Waals surface area contributed by atoms with Crippen LogP contribution in [-0.2, 0) is 0 Å². The highest BCUT2D eigenvalue weighted by Gasteiger charge is 2.18. The summed E-state index contributed by atoms with van der Waals surface area (Å²) in [6.07, 6.45) is 1.38. The largest absolute Gasteiger partial charge is 0.483 e. The van der Waals surface area contributed by atoms with Gasteiger partial charge in [0, 0.05) is 4.88 Å². The third-order valence-corrected chi connectivity index (χ3v) is 5.30. The van der Waals surface area contributed by atoms with E-state index in [0.717, 1.165) is 15.9 Å². The van der Waals surface area contributed by atoms with Crippen LogP contribution in [0.4, 0.5) is 0 Å². The zero-order chi connectivity index (χ0) is 17.6. The van der Waals surface area contributed by atoms with E-state index in [0.29, 0.717) is 17.1 Å². The maximum Gasteiger partial charge on any atom is 0.192 e. The summed E-state index contributed by atoms with van der Waals surface area (Å²) >= 11 is 1.67. The molecule has 0 fully saturated rings. The Kier molecular flexibility index (Phi) is 3.62. The van der Waals surface area contributed by atoms with Crippen molar-refractivity contribution in [2.24, 2.45) is 0 Å². The number of hydrogen-bond acceptors (Lipinski definition) is 6. The molecule has 0 aliphatic rings. The molecule has 124 valence electrons. The second-order valence-corrected chi connectivity index (χ2v) is 7.05. The normalized spacial score (nSPS) is 12.4. The molecule has 0 saturated heterocycles. The van der Waals surface area contributed by atoms with E-state index in [2.05, 4.69) is 35.0 Å². The van der Waals surface area contributed by atoms with E-state index in [4.69, 9.17) is 10.00 Å². The van der Waals surface area contributed by atoms with Gasteiger partial charge < -0.3 is 4.74 Å². The van der Waals surface area contributed by atoms with Crippen molar-refractivity contribution in [2.45, 2.75) is 26.9 Å². The number of aromatic nitrogens is 4. The number of nitrogens with zero attached hydrogens (tertiary/aromatic N) is 5. The van der Waals surface area contributed by atoms with Gasteiger partial charge in [-0.05, 0) is 50.6 Å². The molecule has 0 amide bonds. The fourth-order valence-corrected chi connectivity index (χ4v) is 3.69. The van der Waals surface area contributed by atoms with Crippen LogP contribution < -0.4 is 4.74 Å². The number of hydrogen-bond donors (Lipinski definition) is 0. The van der Waals surface area contributed by atoms with Crippen molar-refractivity contribution >= 4 is 27.2 Å². The lowest BCUT2D eigenvalue weighted by atomic mass is 10.2. The van der Waals surface area contributed by atoms with Gasteiger partial charge in [-0.25, -0.2) is 14.5 Å². The van der Waals surface area contributed by atoms with E-state index in [-0.39, 0.29) is 6.10 Å². The van der Waals surface area contributed by atoms with Crippen LogP contribution in [0.15, 0.2) is 30.6 Å². The average Bonchev–Trinajstić information content (AvgIpc) is 3.17. The van der Waals surface area contributed by atoms with Crippen LogP contribution in [0.1, 0.15) is 34.9 Å². The molecular weight excluding hydrogens is 334 g/mol. The number of nitriles is 1. The molecule has 25 heavy (non-hydrogen) atoms. The minimum Gasteiger partial charge on any atom is -0.483 e. The van der Waals surface area contributed by atoms with Gasteiger partial charge in [-0.2, -0.15) is 5.26 Å². The zero-order valence-electron chi connectivity index (χ0n) is 14.0. The van der Waals surface area contributed by atoms with Crippen molar-refractivity contribution in [2.75, 3.05) is 0 Å². The maximum absolute atomic E-state index is 8.86. The van der Waals surface area contributed by atoms with E-state index in [1.807, 2.05) is 6.92 Å². The summed E-state index contributed by atoms with van der Waals surface area (Å²) in [6.45, 7) is 6.08. The number of aryl methyl sites for hydroxylation is 2. The Morgan fingerprint density at radius 2 is 2.00 bits per heavy atom. The minimum atomic E-state index is -0.317. The molecule has 4 aromatic rings. The van der Waals surface area contributed by atoms with Crippen LogP contribution in [0.3, 0.4) is 0 Å². The summed E-state index contributed by atoms with van der Waals surface area (Å²) < 4.78 is 7.62. The standard InChI is InChI=1S/C18H15N5OS/c1-10-12(3)25-18-15(10)17-21-16(22-23(17)9-20-18)11(2)24-14-6-4-13(8-19)5-7-14/h4-7,9,11H,1-3H3. The second-order valence-electron chi connectivity index (χ2n) is 5.84. The van der Waals surface area contributed by atoms with Crippen molar-refractivity contribution in [3.63, 3.8) is 0 Å². The topological polar surface area (TPSA) is 76.1 Å². The zero-order valence-corrected chi connectivity index (χ0v) is 14.8. The molecular formula is C18H15N5OS. The summed E-state index contributed by atoms with van der Waals surface area (Å²) in [5.41, 5.74) is 2.59. The third-order valence-electron chi connectivity index (χ3n) is 4.18. The predicted molar refractivity (Wildman–Crippen MR) is 95.8 cm³/mol. The summed E-state index contributed by atoms with van der Waals surface area (Å²) in [5, 5.41) is 14.4. The number of benzene rings is 1. The molecule has 0 aliphatic heterocycles. The second kappa shape index (κ2) is 5.83. The lowest BCUT2D eigenvalue weighted by Gasteiger charge is -2.11. The highest BCUT2D eigenvalue weighted by atomic mass is 32.1. The molecule has 0 aliphatic carbocycles. The van der Waals surface area contributed by atoms with Crippen LogP contribution >= 0.6 is 11.3 Å². The van der Waals surface area contributed by atoms with Gasteiger partial charge in [0.05, 0.1) is 17.0 Å². The lowest BCUT2D eigenvalue weighted by Crippen LogP contribution is -2.05. The summed E-state index contributed by atoms with van der Waals surface area (Å²) in [7, 11) is 0. The SMILES string of the molecule is Cc1sc2ncn3nc(C(C)Oc4ccc(C#N)cc4)nc3c2c1C. The fraction of sp³-hybridized carbons (Fsp3) is 0.222. The minimum absolute atomic E-state index is 0.317. The van der Waals surface area contributed by atoms with Crippen LogP contribution in [0.5, 0.6) is 5.75 Å². The van der Waals surface area contributed by atoms with Gasteiger partial charge in [-0.15, -0.1) is 16.4 Å². The number of thiophene rings is 1. The first-order valence-electron chi connectivity index (χ1n) is 7.84. The molecule has 1 unspecified atom stereocenters. The van der Waals surface area contributed by atoms with E-state index in [1.165, 1.54) is 10.4 Å². The predicted octanol–water partition coefficient (Wildman–Crippen LogP) is 3.97. The van der Waals surface area contributed by atoms with Gasteiger partial charge in [0.25, 0.3) is 0 Å². The number of rotatable bonds is 3. The molecule has 0 radical (unpaired) electrons. The highest BCUT2D eigenvalue weighted by molar-refractivity contribution is 7.18. The van der Waals surface area contributed by atoms with Crippen molar-refractivity contribution in [1.29, 1.82) is 5.26 Å². The van der Waals surface area contributed by atoms with Gasteiger partial charge in [0.1, 0.15) is 16.9 Å². The first-order chi connectivity index (χ1) is 12.1. The molecule has 6 nitrogen and oxygen atoms in total. The first kappa shape index (κ1) is 15.5. The Morgan fingerprint density at radius 3 is 2.72 bits per heavy atom. The van der Waals surface area contributed by atoms with Crippen molar-refractivity contribution in [3.05, 3.63) is 52.4 Å². The van der Waals surface area contributed by atoms with E-state index < -0.39 is 0 Å². The summed E-state index contributed by atoms with van der Waals surface area (Å²) in [6, 6.07) is 9.09. The molecule has 4 rings (SSSR count). The van der Waals surface area contributed by atoms with Crippen LogP contribution in [0.25, 0.3) is 15.9 Å². The monoisotopic (exact) mass is 349 g/mol. The van der Waals surface area contributed by atoms with E-state index in [1.54, 1.807) is 46.4 Å². The fourth-order valence-electron chi connectivity index (χ4n) is 2.70. The van der Waals surface area contributed by atoms with Gasteiger partial charge in [0.15, 0.2) is 17.6 Å². The molecule has 7 heteroatoms. The third kappa shape index (κ3) is 2.61. The highest BCUT2D eigenvalue weighted by Crippen LogP contribution is 2.31. The summed E-state index contributed by atoms with van der Waals surface area (Å²) in [4.78, 5) is 11.4. The number of ether oxygens (including phenoxy) is 1. The Bertz CT molecular complexity index is 1120. The van der Waals surface area contributed by atoms with Gasteiger partial charge in [-0.3, -0.25) is 0 Å². The Morgan fingerprint density at radius 1 is 1.24 bits per heavy atom. The van der Waals surface area contributed by atoms with E-state index in [9.17, 15) is 0 Å². The van der Waals surface area contributed by atoms with Crippen LogP contribution in [0.2, 0.25) is 0 Å². The molecule has 0 N–H and O–H groups in total. The average molecular weight is 349 g/mol. The Labute approximate surface area is 148 Å². The van der Waals surface area contributed by atoms with Gasteiger partial charge in [-0.1, -0.05) is 0 Å². The van der Waals surface area contributed by atoms with Crippen LogP contribution in [-0.4, -0.2) is 19.6 Å². The quantitative estimate of drug-likeness (QED) is 0.559. The molecule has 3 aromatic heterocycles. The van der Waals surface area contributed by atoms with Crippen molar-refractivity contribution < 1.29 is 4.74 Å². The molecule has 0 saturated carbocycles. The lowest BCUT2D eigenvalue weighted by molar-refractivity contribution is 0.216. The number of fused-ring (bicyclic) bond motifs is 3. The molecule has 1 aromatic carbocycles. The molecule has 0 bridgehead atoms. The van der Waals surface area contributed by atoms with Gasteiger partial charge >= 0.3 is 0 Å². The summed E-state index contributed by atoms with van der Waals surface area (Å²) in [5.74, 6) is 1.28. The Balaban J connectivity index is 1.71.